The van der Waals surface area contributed by atoms with Crippen molar-refractivity contribution in [1.29, 1.82) is 0 Å². The van der Waals surface area contributed by atoms with E-state index in [0.29, 0.717) is 10.9 Å². The number of rotatable bonds is 20. The van der Waals surface area contributed by atoms with Crippen LogP contribution in [0.4, 0.5) is 0 Å². The van der Waals surface area contributed by atoms with Crippen LogP contribution in [0.1, 0.15) is 103 Å². The molecule has 0 aliphatic heterocycles. The molecule has 4 heteroatoms. The number of aliphatic carboxylic acids is 1. The zero-order chi connectivity index (χ0) is 19.5. The van der Waals surface area contributed by atoms with Gasteiger partial charge in [-0.25, -0.2) is 0 Å². The predicted molar refractivity (Wildman–Crippen MR) is 118 cm³/mol. The third-order valence-electron chi connectivity index (χ3n) is 5.03. The molecule has 0 bridgehead atoms. The van der Waals surface area contributed by atoms with E-state index in [9.17, 15) is 9.90 Å². The fraction of sp³-hybridized carbons (Fsp3) is 0.955. The summed E-state index contributed by atoms with van der Waals surface area (Å²) in [6.45, 7) is 3.12. The van der Waals surface area contributed by atoms with Crippen molar-refractivity contribution in [2.24, 2.45) is 0 Å². The first-order valence-corrected chi connectivity index (χ1v) is 13.3. The number of carboxylic acids is 1. The Hall–Kier alpha value is -0.220. The lowest BCUT2D eigenvalue weighted by atomic mass is 10.0. The topological polar surface area (TPSA) is 49.3 Å². The molecule has 0 aromatic heterocycles. The molecule has 0 amide bonds. The van der Waals surface area contributed by atoms with Crippen LogP contribution in [0.5, 0.6) is 0 Å². The summed E-state index contributed by atoms with van der Waals surface area (Å²) in [4.78, 5) is 11.2. The molecule has 0 spiro atoms. The molecule has 0 saturated carbocycles. The van der Waals surface area contributed by atoms with Crippen molar-refractivity contribution in [2.75, 3.05) is 24.8 Å². The summed E-state index contributed by atoms with van der Waals surface area (Å²) in [5.74, 6) is 0.309. The van der Waals surface area contributed by atoms with E-state index in [1.807, 2.05) is 0 Å². The smallest absolute Gasteiger partial charge is 0.320 e. The minimum atomic E-state index is -0.694. The summed E-state index contributed by atoms with van der Waals surface area (Å²) in [6.07, 6.45) is 24.1. The second-order valence-electron chi connectivity index (χ2n) is 7.92. The molecule has 0 aromatic rings. The van der Waals surface area contributed by atoms with Gasteiger partial charge in [0.2, 0.25) is 0 Å². The van der Waals surface area contributed by atoms with Crippen molar-refractivity contribution in [3.05, 3.63) is 0 Å². The first-order chi connectivity index (χ1) is 12.6. The van der Waals surface area contributed by atoms with Crippen LogP contribution >= 0.6 is 0 Å². The van der Waals surface area contributed by atoms with Crippen molar-refractivity contribution in [2.45, 2.75) is 109 Å². The SMILES string of the molecule is CCCCCCCCCCCCCCCCN[C@H](CC[S+](C)C)C(=O)O. The van der Waals surface area contributed by atoms with Crippen LogP contribution in [-0.4, -0.2) is 41.9 Å². The summed E-state index contributed by atoms with van der Waals surface area (Å²) < 4.78 is 0. The zero-order valence-corrected chi connectivity index (χ0v) is 18.7. The van der Waals surface area contributed by atoms with E-state index < -0.39 is 5.97 Å². The van der Waals surface area contributed by atoms with Crippen LogP contribution in [0.25, 0.3) is 0 Å². The monoisotopic (exact) mass is 388 g/mol. The number of hydrogen-bond acceptors (Lipinski definition) is 2. The molecule has 0 fully saturated rings. The molecule has 0 unspecified atom stereocenters. The van der Waals surface area contributed by atoms with Gasteiger partial charge >= 0.3 is 5.97 Å². The third-order valence-corrected chi connectivity index (χ3v) is 6.09. The Morgan fingerprint density at radius 2 is 1.23 bits per heavy atom. The molecule has 0 aliphatic carbocycles. The van der Waals surface area contributed by atoms with Crippen LogP contribution in [0.3, 0.4) is 0 Å². The molecular formula is C22H46NO2S+. The Kier molecular flexibility index (Phi) is 19.4. The molecule has 0 heterocycles. The van der Waals surface area contributed by atoms with Gasteiger partial charge in [-0.2, -0.15) is 0 Å². The fourth-order valence-corrected chi connectivity index (χ4v) is 3.97. The number of nitrogens with one attached hydrogen (secondary N) is 1. The number of unbranched alkanes of at least 4 members (excludes halogenated alkanes) is 13. The van der Waals surface area contributed by atoms with Crippen molar-refractivity contribution < 1.29 is 9.90 Å². The van der Waals surface area contributed by atoms with Crippen LogP contribution in [0.15, 0.2) is 0 Å². The molecule has 0 radical (unpaired) electrons. The number of hydrogen-bond donors (Lipinski definition) is 2. The Morgan fingerprint density at radius 3 is 1.62 bits per heavy atom. The maximum Gasteiger partial charge on any atom is 0.320 e. The summed E-state index contributed by atoms with van der Waals surface area (Å²) in [6, 6.07) is -0.355. The average Bonchev–Trinajstić information content (AvgIpc) is 2.60. The van der Waals surface area contributed by atoms with Gasteiger partial charge in [-0.3, -0.25) is 4.79 Å². The van der Waals surface area contributed by atoms with Crippen LogP contribution in [-0.2, 0) is 15.7 Å². The van der Waals surface area contributed by atoms with Gasteiger partial charge in [0.15, 0.2) is 0 Å². The molecule has 156 valence electrons. The first-order valence-electron chi connectivity index (χ1n) is 11.1. The van der Waals surface area contributed by atoms with Gasteiger partial charge in [-0.05, 0) is 23.9 Å². The molecule has 2 N–H and O–H groups in total. The first kappa shape index (κ1) is 25.8. The van der Waals surface area contributed by atoms with Gasteiger partial charge in [0.1, 0.15) is 11.8 Å². The van der Waals surface area contributed by atoms with E-state index in [0.717, 1.165) is 25.1 Å². The van der Waals surface area contributed by atoms with Crippen molar-refractivity contribution in [3.63, 3.8) is 0 Å². The molecular weight excluding hydrogens is 342 g/mol. The van der Waals surface area contributed by atoms with E-state index in [1.54, 1.807) is 0 Å². The van der Waals surface area contributed by atoms with E-state index in [4.69, 9.17) is 0 Å². The zero-order valence-electron chi connectivity index (χ0n) is 17.9. The van der Waals surface area contributed by atoms with Gasteiger partial charge in [0, 0.05) is 6.42 Å². The standard InChI is InChI=1S/C22H45NO2S/c1-4-5-6-7-8-9-10-11-12-13-14-15-16-17-19-23-21(22(24)25)18-20-26(2)3/h21,23H,4-20H2,1-3H3/p+1/t21-/m1/s1. The summed E-state index contributed by atoms with van der Waals surface area (Å²) in [5.41, 5.74) is 0. The van der Waals surface area contributed by atoms with Crippen LogP contribution < -0.4 is 5.32 Å². The molecule has 26 heavy (non-hydrogen) atoms. The Labute approximate surface area is 166 Å². The maximum atomic E-state index is 11.2. The molecule has 3 nitrogen and oxygen atoms in total. The van der Waals surface area contributed by atoms with E-state index in [1.165, 1.54) is 83.5 Å². The highest BCUT2D eigenvalue weighted by Gasteiger charge is 2.18. The van der Waals surface area contributed by atoms with Crippen LogP contribution in [0, 0.1) is 0 Å². The van der Waals surface area contributed by atoms with Gasteiger partial charge < -0.3 is 10.4 Å². The highest BCUT2D eigenvalue weighted by atomic mass is 32.2. The minimum Gasteiger partial charge on any atom is -0.480 e. The van der Waals surface area contributed by atoms with E-state index in [-0.39, 0.29) is 6.04 Å². The normalized spacial score (nSPS) is 12.6. The lowest BCUT2D eigenvalue weighted by Crippen LogP contribution is -2.38. The fourth-order valence-electron chi connectivity index (χ4n) is 3.26. The Morgan fingerprint density at radius 1 is 0.808 bits per heavy atom. The molecule has 0 saturated heterocycles. The van der Waals surface area contributed by atoms with Crippen molar-refractivity contribution in [3.8, 4) is 0 Å². The van der Waals surface area contributed by atoms with Gasteiger partial charge in [0.05, 0.1) is 12.5 Å². The second-order valence-corrected chi connectivity index (χ2v) is 10.3. The van der Waals surface area contributed by atoms with Crippen LogP contribution in [0.2, 0.25) is 0 Å². The molecule has 1 atom stereocenters. The Balaban J connectivity index is 3.31. The Bertz CT molecular complexity index is 311. The highest BCUT2D eigenvalue weighted by molar-refractivity contribution is 7.95. The van der Waals surface area contributed by atoms with E-state index >= 15 is 0 Å². The minimum absolute atomic E-state index is 0.325. The van der Waals surface area contributed by atoms with Crippen molar-refractivity contribution >= 4 is 16.9 Å². The predicted octanol–water partition coefficient (Wildman–Crippen LogP) is 5.78. The lowest BCUT2D eigenvalue weighted by Gasteiger charge is -2.13. The lowest BCUT2D eigenvalue weighted by molar-refractivity contribution is -0.139. The maximum absolute atomic E-state index is 11.2. The van der Waals surface area contributed by atoms with Gasteiger partial charge in [-0.15, -0.1) is 0 Å². The third kappa shape index (κ3) is 18.6. The van der Waals surface area contributed by atoms with Crippen molar-refractivity contribution in [1.82, 2.24) is 5.32 Å². The van der Waals surface area contributed by atoms with E-state index in [2.05, 4.69) is 24.8 Å². The summed E-state index contributed by atoms with van der Waals surface area (Å²) in [7, 11) is 0.325. The quantitative estimate of drug-likeness (QED) is 0.205. The molecule has 0 aromatic carbocycles. The van der Waals surface area contributed by atoms with Gasteiger partial charge in [0.25, 0.3) is 0 Å². The highest BCUT2D eigenvalue weighted by Crippen LogP contribution is 2.12. The number of carboxylic acid groups (broad SMARTS) is 1. The largest absolute Gasteiger partial charge is 0.480 e. The number of carbonyl (C=O) groups is 1. The summed E-state index contributed by atoms with van der Waals surface area (Å²) in [5, 5.41) is 12.5. The van der Waals surface area contributed by atoms with Gasteiger partial charge in [-0.1, -0.05) is 90.4 Å². The second kappa shape index (κ2) is 19.5. The molecule has 0 aliphatic rings. The average molecular weight is 389 g/mol. The summed E-state index contributed by atoms with van der Waals surface area (Å²) >= 11 is 0. The molecule has 0 rings (SSSR count).